The standard InChI is InChI=1S/C21H26N4O4S2/c1-16-15-24-21(23)18-9-5-10-19(20(16)18)31(28,29)25(12-6-11-22)13-14-30(26,27)17-7-3-2-4-8-17/h2-5,7-10,15H,6,11-14,22H2,1H3,(H2,23,24). The van der Waals surface area contributed by atoms with E-state index in [2.05, 4.69) is 4.98 Å². The van der Waals surface area contributed by atoms with Crippen molar-refractivity contribution in [3.05, 3.63) is 60.3 Å². The highest BCUT2D eigenvalue weighted by Crippen LogP contribution is 2.31. The minimum atomic E-state index is -4.01. The molecule has 0 aliphatic rings. The molecule has 31 heavy (non-hydrogen) atoms. The zero-order valence-electron chi connectivity index (χ0n) is 17.2. The summed E-state index contributed by atoms with van der Waals surface area (Å²) in [5.74, 6) is -0.105. The smallest absolute Gasteiger partial charge is 0.243 e. The Morgan fingerprint density at radius 3 is 2.35 bits per heavy atom. The van der Waals surface area contributed by atoms with Crippen molar-refractivity contribution in [3.8, 4) is 0 Å². The molecule has 1 heterocycles. The van der Waals surface area contributed by atoms with Gasteiger partial charge >= 0.3 is 0 Å². The van der Waals surface area contributed by atoms with Crippen LogP contribution in [0.1, 0.15) is 12.0 Å². The van der Waals surface area contributed by atoms with Gasteiger partial charge in [0.25, 0.3) is 0 Å². The van der Waals surface area contributed by atoms with Crippen molar-refractivity contribution in [1.29, 1.82) is 0 Å². The van der Waals surface area contributed by atoms with Gasteiger partial charge in [-0.3, -0.25) is 0 Å². The maximum atomic E-state index is 13.6. The Morgan fingerprint density at radius 2 is 1.68 bits per heavy atom. The third-order valence-electron chi connectivity index (χ3n) is 5.04. The number of aromatic nitrogens is 1. The van der Waals surface area contributed by atoms with Gasteiger partial charge in [-0.15, -0.1) is 0 Å². The summed E-state index contributed by atoms with van der Waals surface area (Å²) < 4.78 is 53.8. The number of sulfonamides is 1. The fraction of sp³-hybridized carbons (Fsp3) is 0.286. The van der Waals surface area contributed by atoms with E-state index in [0.29, 0.717) is 22.8 Å². The van der Waals surface area contributed by atoms with Crippen molar-refractivity contribution in [2.24, 2.45) is 5.73 Å². The molecule has 8 nitrogen and oxygen atoms in total. The monoisotopic (exact) mass is 462 g/mol. The normalized spacial score (nSPS) is 12.5. The third-order valence-corrected chi connectivity index (χ3v) is 8.69. The number of pyridine rings is 1. The lowest BCUT2D eigenvalue weighted by atomic mass is 10.1. The number of sulfone groups is 1. The SMILES string of the molecule is Cc1cnc(N)c2cccc(S(=O)(=O)N(CCCN)CCS(=O)(=O)c3ccccc3)c12. The molecule has 0 radical (unpaired) electrons. The van der Waals surface area contributed by atoms with Crippen molar-refractivity contribution in [1.82, 2.24) is 9.29 Å². The summed E-state index contributed by atoms with van der Waals surface area (Å²) in [6, 6.07) is 12.8. The van der Waals surface area contributed by atoms with E-state index in [-0.39, 0.29) is 41.0 Å². The van der Waals surface area contributed by atoms with Crippen molar-refractivity contribution < 1.29 is 16.8 Å². The summed E-state index contributed by atoms with van der Waals surface area (Å²) in [5, 5.41) is 1.02. The van der Waals surface area contributed by atoms with Crippen molar-refractivity contribution >= 4 is 36.5 Å². The molecule has 0 spiro atoms. The minimum Gasteiger partial charge on any atom is -0.383 e. The van der Waals surface area contributed by atoms with Gasteiger partial charge in [-0.25, -0.2) is 21.8 Å². The van der Waals surface area contributed by atoms with Crippen LogP contribution in [0.2, 0.25) is 0 Å². The zero-order chi connectivity index (χ0) is 22.6. The Balaban J connectivity index is 2.01. The third kappa shape index (κ3) is 4.87. The molecule has 166 valence electrons. The molecule has 0 bridgehead atoms. The lowest BCUT2D eigenvalue weighted by Crippen LogP contribution is -2.37. The van der Waals surface area contributed by atoms with Gasteiger partial charge in [-0.2, -0.15) is 4.31 Å². The average molecular weight is 463 g/mol. The second-order valence-corrected chi connectivity index (χ2v) is 11.2. The predicted molar refractivity (Wildman–Crippen MR) is 122 cm³/mol. The molecule has 0 saturated heterocycles. The molecule has 0 fully saturated rings. The predicted octanol–water partition coefficient (Wildman–Crippen LogP) is 1.94. The molecule has 3 rings (SSSR count). The molecule has 10 heteroatoms. The van der Waals surface area contributed by atoms with Crippen LogP contribution in [0.3, 0.4) is 0 Å². The van der Waals surface area contributed by atoms with Gasteiger partial charge in [0.15, 0.2) is 9.84 Å². The van der Waals surface area contributed by atoms with Crippen LogP contribution in [0.4, 0.5) is 5.82 Å². The molecule has 4 N–H and O–H groups in total. The Labute approximate surface area is 182 Å². The molecular formula is C21H26N4O4S2. The Morgan fingerprint density at radius 1 is 0.968 bits per heavy atom. The second kappa shape index (κ2) is 9.31. The molecule has 0 aliphatic heterocycles. The van der Waals surface area contributed by atoms with E-state index in [1.54, 1.807) is 37.3 Å². The summed E-state index contributed by atoms with van der Waals surface area (Å²) in [6.07, 6.45) is 1.93. The minimum absolute atomic E-state index is 0.0748. The zero-order valence-corrected chi connectivity index (χ0v) is 18.9. The number of rotatable bonds is 9. The number of hydrogen-bond acceptors (Lipinski definition) is 7. The molecule has 0 unspecified atom stereocenters. The molecule has 2 aromatic carbocycles. The Hall–Kier alpha value is -2.53. The molecular weight excluding hydrogens is 436 g/mol. The van der Waals surface area contributed by atoms with E-state index >= 15 is 0 Å². The van der Waals surface area contributed by atoms with E-state index in [4.69, 9.17) is 11.5 Å². The first-order valence-corrected chi connectivity index (χ1v) is 12.9. The van der Waals surface area contributed by atoms with Crippen LogP contribution in [0.25, 0.3) is 10.8 Å². The number of anilines is 1. The van der Waals surface area contributed by atoms with Gasteiger partial charge in [0.05, 0.1) is 15.5 Å². The fourth-order valence-electron chi connectivity index (χ4n) is 3.39. The average Bonchev–Trinajstić information content (AvgIpc) is 2.76. The highest BCUT2D eigenvalue weighted by atomic mass is 32.2. The van der Waals surface area contributed by atoms with E-state index in [1.165, 1.54) is 28.7 Å². The van der Waals surface area contributed by atoms with Crippen LogP contribution < -0.4 is 11.5 Å². The first-order valence-electron chi connectivity index (χ1n) is 9.80. The number of benzene rings is 2. The van der Waals surface area contributed by atoms with Crippen molar-refractivity contribution in [3.63, 3.8) is 0 Å². The number of nitrogens with zero attached hydrogens (tertiary/aromatic N) is 2. The quantitative estimate of drug-likeness (QED) is 0.496. The van der Waals surface area contributed by atoms with E-state index in [9.17, 15) is 16.8 Å². The lowest BCUT2D eigenvalue weighted by Gasteiger charge is -2.23. The summed E-state index contributed by atoms with van der Waals surface area (Å²) in [6.45, 7) is 1.97. The summed E-state index contributed by atoms with van der Waals surface area (Å²) in [4.78, 5) is 4.33. The van der Waals surface area contributed by atoms with Crippen LogP contribution in [0.5, 0.6) is 0 Å². The molecule has 1 aromatic heterocycles. The highest BCUT2D eigenvalue weighted by Gasteiger charge is 2.28. The van der Waals surface area contributed by atoms with Gasteiger partial charge in [0.1, 0.15) is 5.82 Å². The van der Waals surface area contributed by atoms with Crippen LogP contribution >= 0.6 is 0 Å². The van der Waals surface area contributed by atoms with Gasteiger partial charge in [-0.1, -0.05) is 30.3 Å². The van der Waals surface area contributed by atoms with Crippen molar-refractivity contribution in [2.75, 3.05) is 31.1 Å². The first-order chi connectivity index (χ1) is 14.7. The van der Waals surface area contributed by atoms with Crippen LogP contribution in [0.15, 0.2) is 64.5 Å². The number of aryl methyl sites for hydroxylation is 1. The van der Waals surface area contributed by atoms with Gasteiger partial charge in [-0.05, 0) is 43.7 Å². The van der Waals surface area contributed by atoms with Gasteiger partial charge < -0.3 is 11.5 Å². The molecule has 0 atom stereocenters. The largest absolute Gasteiger partial charge is 0.383 e. The van der Waals surface area contributed by atoms with E-state index in [1.807, 2.05) is 0 Å². The van der Waals surface area contributed by atoms with Crippen molar-refractivity contribution in [2.45, 2.75) is 23.1 Å². The van der Waals surface area contributed by atoms with Crippen LogP contribution in [0, 0.1) is 6.92 Å². The summed E-state index contributed by atoms with van der Waals surface area (Å²) in [7, 11) is -7.66. The number of nitrogens with two attached hydrogens (primary N) is 2. The molecule has 0 aliphatic carbocycles. The van der Waals surface area contributed by atoms with E-state index in [0.717, 1.165) is 0 Å². The van der Waals surface area contributed by atoms with Gasteiger partial charge in [0.2, 0.25) is 10.0 Å². The maximum Gasteiger partial charge on any atom is 0.243 e. The summed E-state index contributed by atoms with van der Waals surface area (Å²) in [5.41, 5.74) is 12.2. The molecule has 0 saturated carbocycles. The topological polar surface area (TPSA) is 136 Å². The van der Waals surface area contributed by atoms with Crippen LogP contribution in [-0.2, 0) is 19.9 Å². The van der Waals surface area contributed by atoms with Crippen LogP contribution in [-0.4, -0.2) is 51.5 Å². The lowest BCUT2D eigenvalue weighted by molar-refractivity contribution is 0.423. The highest BCUT2D eigenvalue weighted by molar-refractivity contribution is 7.91. The first kappa shape index (κ1) is 23.1. The molecule has 3 aromatic rings. The van der Waals surface area contributed by atoms with E-state index < -0.39 is 19.9 Å². The Bertz CT molecular complexity index is 1280. The number of nitrogen functional groups attached to an aromatic ring is 1. The maximum absolute atomic E-state index is 13.6. The number of hydrogen-bond donors (Lipinski definition) is 2. The molecule has 0 amide bonds. The second-order valence-electron chi connectivity index (χ2n) is 7.18. The number of fused-ring (bicyclic) bond motifs is 1. The Kier molecular flexibility index (Phi) is 6.95. The fourth-order valence-corrected chi connectivity index (χ4v) is 6.54. The van der Waals surface area contributed by atoms with Gasteiger partial charge in [0, 0.05) is 30.1 Å². The summed E-state index contributed by atoms with van der Waals surface area (Å²) >= 11 is 0.